The van der Waals surface area contributed by atoms with Crippen LogP contribution in [0.25, 0.3) is 0 Å². The molecule has 1 heterocycles. The van der Waals surface area contributed by atoms with Crippen LogP contribution in [-0.2, 0) is 16.0 Å². The number of hydrogen-bond acceptors (Lipinski definition) is 3. The highest BCUT2D eigenvalue weighted by Crippen LogP contribution is 2.30. The van der Waals surface area contributed by atoms with Gasteiger partial charge in [0, 0.05) is 12.5 Å². The van der Waals surface area contributed by atoms with Crippen molar-refractivity contribution in [3.05, 3.63) is 35.4 Å². The van der Waals surface area contributed by atoms with Gasteiger partial charge in [0.25, 0.3) is 0 Å². The van der Waals surface area contributed by atoms with Crippen LogP contribution < -0.4 is 5.32 Å². The Morgan fingerprint density at radius 3 is 2.87 bits per heavy atom. The van der Waals surface area contributed by atoms with Gasteiger partial charge in [-0.25, -0.2) is 4.79 Å². The van der Waals surface area contributed by atoms with Crippen LogP contribution in [0.3, 0.4) is 0 Å². The Bertz CT molecular complexity index is 583. The number of nitrogens with one attached hydrogen (secondary N) is 1. The van der Waals surface area contributed by atoms with Crippen molar-refractivity contribution in [2.24, 2.45) is 0 Å². The van der Waals surface area contributed by atoms with Gasteiger partial charge in [-0.05, 0) is 43.7 Å². The van der Waals surface area contributed by atoms with E-state index in [1.807, 2.05) is 12.1 Å². The molecule has 2 amide bonds. The van der Waals surface area contributed by atoms with Gasteiger partial charge in [-0.2, -0.15) is 0 Å². The van der Waals surface area contributed by atoms with Gasteiger partial charge in [0.2, 0.25) is 5.91 Å². The average molecular weight is 316 g/mol. The number of rotatable bonds is 7. The molecule has 23 heavy (non-hydrogen) atoms. The summed E-state index contributed by atoms with van der Waals surface area (Å²) in [6.45, 7) is 3.11. The van der Waals surface area contributed by atoms with Gasteiger partial charge in [-0.1, -0.05) is 24.3 Å². The van der Waals surface area contributed by atoms with E-state index in [4.69, 9.17) is 4.74 Å². The Kier molecular flexibility index (Phi) is 4.84. The lowest BCUT2D eigenvalue weighted by Gasteiger charge is -2.11. The Morgan fingerprint density at radius 1 is 1.35 bits per heavy atom. The molecule has 124 valence electrons. The lowest BCUT2D eigenvalue weighted by molar-refractivity contribution is -0.121. The molecule has 0 spiro atoms. The molecule has 1 saturated carbocycles. The quantitative estimate of drug-likeness (QED) is 0.840. The van der Waals surface area contributed by atoms with Crippen molar-refractivity contribution in [3.63, 3.8) is 0 Å². The molecule has 3 rings (SSSR count). The van der Waals surface area contributed by atoms with Crippen LogP contribution in [-0.4, -0.2) is 42.1 Å². The molecule has 1 saturated heterocycles. The second-order valence-corrected chi connectivity index (χ2v) is 6.47. The molecule has 1 N–H and O–H groups in total. The van der Waals surface area contributed by atoms with E-state index in [1.165, 1.54) is 11.1 Å². The molecule has 0 aromatic heterocycles. The minimum atomic E-state index is -0.230. The molecular weight excluding hydrogens is 292 g/mol. The van der Waals surface area contributed by atoms with Gasteiger partial charge in [0.1, 0.15) is 6.10 Å². The Balaban J connectivity index is 1.34. The predicted octanol–water partition coefficient (Wildman–Crippen LogP) is 2.42. The van der Waals surface area contributed by atoms with Crippen molar-refractivity contribution in [3.8, 4) is 0 Å². The van der Waals surface area contributed by atoms with E-state index in [1.54, 1.807) is 4.90 Å². The van der Waals surface area contributed by atoms with Crippen molar-refractivity contribution in [1.29, 1.82) is 0 Å². The van der Waals surface area contributed by atoms with E-state index in [2.05, 4.69) is 24.4 Å². The van der Waals surface area contributed by atoms with E-state index in [-0.39, 0.29) is 18.1 Å². The van der Waals surface area contributed by atoms with Gasteiger partial charge < -0.3 is 15.0 Å². The molecule has 1 aromatic rings. The molecule has 1 unspecified atom stereocenters. The first-order chi connectivity index (χ1) is 11.1. The second-order valence-electron chi connectivity index (χ2n) is 6.47. The van der Waals surface area contributed by atoms with Crippen LogP contribution in [0, 0.1) is 6.92 Å². The van der Waals surface area contributed by atoms with E-state index >= 15 is 0 Å². The molecule has 5 nitrogen and oxygen atoms in total. The first-order valence-corrected chi connectivity index (χ1v) is 8.42. The molecule has 2 aliphatic rings. The summed E-state index contributed by atoms with van der Waals surface area (Å²) in [6, 6.07) is 8.63. The normalized spacial score (nSPS) is 20.5. The van der Waals surface area contributed by atoms with Gasteiger partial charge in [-0.3, -0.25) is 4.79 Å². The molecule has 1 aliphatic heterocycles. The summed E-state index contributed by atoms with van der Waals surface area (Å²) in [7, 11) is 0. The van der Waals surface area contributed by atoms with Crippen LogP contribution >= 0.6 is 0 Å². The van der Waals surface area contributed by atoms with Gasteiger partial charge in [-0.15, -0.1) is 0 Å². The summed E-state index contributed by atoms with van der Waals surface area (Å²) >= 11 is 0. The Hall–Kier alpha value is -2.04. The smallest absolute Gasteiger partial charge is 0.410 e. The van der Waals surface area contributed by atoms with E-state index in [0.717, 1.165) is 25.7 Å². The number of carbonyl (C=O) groups is 2. The van der Waals surface area contributed by atoms with E-state index in [0.29, 0.717) is 25.6 Å². The zero-order valence-electron chi connectivity index (χ0n) is 13.6. The zero-order chi connectivity index (χ0) is 16.2. The molecular formula is C18H24N2O3. The highest BCUT2D eigenvalue weighted by molar-refractivity contribution is 5.76. The summed E-state index contributed by atoms with van der Waals surface area (Å²) in [4.78, 5) is 25.4. The summed E-state index contributed by atoms with van der Waals surface area (Å²) in [5, 5.41) is 2.88. The van der Waals surface area contributed by atoms with Gasteiger partial charge in [0.05, 0.1) is 13.1 Å². The monoisotopic (exact) mass is 316 g/mol. The fourth-order valence-electron chi connectivity index (χ4n) is 2.98. The minimum Gasteiger partial charge on any atom is -0.442 e. The fraction of sp³-hybridized carbons (Fsp3) is 0.556. The second kappa shape index (κ2) is 7.02. The fourth-order valence-corrected chi connectivity index (χ4v) is 2.98. The average Bonchev–Trinajstić information content (AvgIpc) is 3.30. The van der Waals surface area contributed by atoms with E-state index < -0.39 is 0 Å². The standard InChI is InChI=1S/C18H24N2O3/c1-13-5-2-3-6-14(13)7-4-8-17(21)19-11-16-12-20(15-9-10-15)18(22)23-16/h2-3,5-6,15-16H,4,7-12H2,1H3,(H,19,21). The Labute approximate surface area is 137 Å². The van der Waals surface area contributed by atoms with Crippen molar-refractivity contribution >= 4 is 12.0 Å². The van der Waals surface area contributed by atoms with Crippen LogP contribution in [0.1, 0.15) is 36.8 Å². The summed E-state index contributed by atoms with van der Waals surface area (Å²) < 4.78 is 5.29. The predicted molar refractivity (Wildman–Crippen MR) is 87.1 cm³/mol. The SMILES string of the molecule is Cc1ccccc1CCCC(=O)NCC1CN(C2CC2)C(=O)O1. The molecule has 0 bridgehead atoms. The summed E-state index contributed by atoms with van der Waals surface area (Å²) in [5.74, 6) is 0.0273. The zero-order valence-corrected chi connectivity index (χ0v) is 13.6. The number of cyclic esters (lactones) is 1. The lowest BCUT2D eigenvalue weighted by atomic mass is 10.0. The minimum absolute atomic E-state index is 0.0273. The van der Waals surface area contributed by atoms with Crippen molar-refractivity contribution in [2.45, 2.75) is 51.2 Å². The maximum absolute atomic E-state index is 11.9. The number of nitrogens with zero attached hydrogens (tertiary/aromatic N) is 1. The highest BCUT2D eigenvalue weighted by atomic mass is 16.6. The number of ether oxygens (including phenoxy) is 1. The van der Waals surface area contributed by atoms with Crippen LogP contribution in [0.2, 0.25) is 0 Å². The number of amides is 2. The van der Waals surface area contributed by atoms with E-state index in [9.17, 15) is 9.59 Å². The largest absolute Gasteiger partial charge is 0.442 e. The van der Waals surface area contributed by atoms with Gasteiger partial charge >= 0.3 is 6.09 Å². The molecule has 5 heteroatoms. The molecule has 1 atom stereocenters. The number of benzene rings is 1. The third-order valence-electron chi connectivity index (χ3n) is 4.53. The highest BCUT2D eigenvalue weighted by Gasteiger charge is 2.40. The Morgan fingerprint density at radius 2 is 2.13 bits per heavy atom. The van der Waals surface area contributed by atoms with Crippen molar-refractivity contribution in [2.75, 3.05) is 13.1 Å². The van der Waals surface area contributed by atoms with Crippen molar-refractivity contribution < 1.29 is 14.3 Å². The first kappa shape index (κ1) is 15.8. The topological polar surface area (TPSA) is 58.6 Å². The lowest BCUT2D eigenvalue weighted by Crippen LogP contribution is -2.34. The maximum Gasteiger partial charge on any atom is 0.410 e. The molecule has 1 aliphatic carbocycles. The van der Waals surface area contributed by atoms with Crippen LogP contribution in [0.5, 0.6) is 0 Å². The third kappa shape index (κ3) is 4.24. The molecule has 2 fully saturated rings. The van der Waals surface area contributed by atoms with Gasteiger partial charge in [0.15, 0.2) is 0 Å². The van der Waals surface area contributed by atoms with Crippen molar-refractivity contribution in [1.82, 2.24) is 10.2 Å². The first-order valence-electron chi connectivity index (χ1n) is 8.42. The maximum atomic E-state index is 11.9. The molecule has 0 radical (unpaired) electrons. The number of carbonyl (C=O) groups excluding carboxylic acids is 2. The third-order valence-corrected chi connectivity index (χ3v) is 4.53. The van der Waals surface area contributed by atoms with Crippen LogP contribution in [0.15, 0.2) is 24.3 Å². The summed E-state index contributed by atoms with van der Waals surface area (Å²) in [5.41, 5.74) is 2.57. The molecule has 1 aromatic carbocycles. The summed E-state index contributed by atoms with van der Waals surface area (Å²) in [6.07, 6.45) is 3.96. The number of aryl methyl sites for hydroxylation is 2. The van der Waals surface area contributed by atoms with Crippen LogP contribution in [0.4, 0.5) is 4.79 Å². The number of hydrogen-bond donors (Lipinski definition) is 1.